The van der Waals surface area contributed by atoms with Gasteiger partial charge in [-0.1, -0.05) is 75.2 Å². The maximum atomic E-state index is 13.7. The number of hydrogen-bond acceptors (Lipinski definition) is 3. The van der Waals surface area contributed by atoms with Crippen molar-refractivity contribution >= 4 is 33.4 Å². The monoisotopic (exact) mass is 456 g/mol. The summed E-state index contributed by atoms with van der Waals surface area (Å²) in [4.78, 5) is 33.4. The van der Waals surface area contributed by atoms with Gasteiger partial charge in [0.1, 0.15) is 5.82 Å². The van der Waals surface area contributed by atoms with Crippen LogP contribution < -0.4 is 10.9 Å². The Morgan fingerprint density at radius 1 is 0.971 bits per heavy atom. The van der Waals surface area contributed by atoms with Gasteiger partial charge in [0, 0.05) is 19.0 Å². The molecule has 1 heterocycles. The standard InChI is InChI=1S/C28H32N4O2/c1-4-6-11-19-32(28(34)30-23-18-12-14-20-13-7-8-15-21(20)23)25(5-2)26-29-24-17-10-9-16-22(24)27(33)31(26)3/h7-10,12-18,25H,4-6,11,19H2,1-3H3,(H,30,34). The van der Waals surface area contributed by atoms with Crippen LogP contribution in [0.5, 0.6) is 0 Å². The molecule has 0 spiro atoms. The fraction of sp³-hybridized carbons (Fsp3) is 0.321. The third-order valence-electron chi connectivity index (χ3n) is 6.37. The molecule has 0 bridgehead atoms. The zero-order chi connectivity index (χ0) is 24.1. The van der Waals surface area contributed by atoms with Gasteiger partial charge in [-0.2, -0.15) is 0 Å². The van der Waals surface area contributed by atoms with Gasteiger partial charge in [-0.15, -0.1) is 0 Å². The molecule has 2 amide bonds. The maximum absolute atomic E-state index is 13.7. The minimum absolute atomic E-state index is 0.0954. The average Bonchev–Trinajstić information content (AvgIpc) is 2.86. The van der Waals surface area contributed by atoms with Crippen molar-refractivity contribution in [2.75, 3.05) is 11.9 Å². The Morgan fingerprint density at radius 2 is 1.68 bits per heavy atom. The molecular formula is C28H32N4O2. The quantitative estimate of drug-likeness (QED) is 0.318. The highest BCUT2D eigenvalue weighted by Gasteiger charge is 2.28. The highest BCUT2D eigenvalue weighted by atomic mass is 16.2. The molecule has 0 aliphatic heterocycles. The minimum atomic E-state index is -0.325. The molecule has 1 N–H and O–H groups in total. The second kappa shape index (κ2) is 10.5. The molecule has 0 saturated heterocycles. The number of amides is 2. The predicted molar refractivity (Wildman–Crippen MR) is 139 cm³/mol. The first-order valence-corrected chi connectivity index (χ1v) is 12.1. The fourth-order valence-corrected chi connectivity index (χ4v) is 4.53. The second-order valence-electron chi connectivity index (χ2n) is 8.63. The van der Waals surface area contributed by atoms with Crippen LogP contribution in [-0.2, 0) is 7.05 Å². The van der Waals surface area contributed by atoms with E-state index in [4.69, 9.17) is 4.98 Å². The zero-order valence-corrected chi connectivity index (χ0v) is 20.1. The Balaban J connectivity index is 1.73. The van der Waals surface area contributed by atoms with Crippen molar-refractivity contribution < 1.29 is 4.79 Å². The first-order valence-electron chi connectivity index (χ1n) is 12.1. The Labute approximate surface area is 200 Å². The van der Waals surface area contributed by atoms with Gasteiger partial charge in [0.25, 0.3) is 5.56 Å². The van der Waals surface area contributed by atoms with E-state index < -0.39 is 0 Å². The third-order valence-corrected chi connectivity index (χ3v) is 6.37. The zero-order valence-electron chi connectivity index (χ0n) is 20.1. The number of para-hydroxylation sites is 1. The number of benzene rings is 3. The number of nitrogens with zero attached hydrogens (tertiary/aromatic N) is 3. The number of nitrogens with one attached hydrogen (secondary N) is 1. The van der Waals surface area contributed by atoms with E-state index in [0.29, 0.717) is 29.7 Å². The molecule has 6 nitrogen and oxygen atoms in total. The van der Waals surface area contributed by atoms with Crippen LogP contribution in [0.1, 0.15) is 51.4 Å². The molecule has 4 rings (SSSR count). The molecule has 1 unspecified atom stereocenters. The number of carbonyl (C=O) groups is 1. The van der Waals surface area contributed by atoms with Crippen molar-refractivity contribution in [3.63, 3.8) is 0 Å². The molecule has 0 radical (unpaired) electrons. The number of anilines is 1. The van der Waals surface area contributed by atoms with E-state index >= 15 is 0 Å². The predicted octanol–water partition coefficient (Wildman–Crippen LogP) is 6.26. The number of fused-ring (bicyclic) bond motifs is 2. The summed E-state index contributed by atoms with van der Waals surface area (Å²) in [5, 5.41) is 5.79. The summed E-state index contributed by atoms with van der Waals surface area (Å²) in [6.45, 7) is 4.77. The molecule has 0 saturated carbocycles. The van der Waals surface area contributed by atoms with E-state index in [1.165, 1.54) is 0 Å². The van der Waals surface area contributed by atoms with Crippen LogP contribution >= 0.6 is 0 Å². The molecule has 3 aromatic carbocycles. The van der Waals surface area contributed by atoms with Gasteiger partial charge in [0.05, 0.1) is 22.6 Å². The van der Waals surface area contributed by atoms with Gasteiger partial charge in [0.15, 0.2) is 0 Å². The van der Waals surface area contributed by atoms with Crippen LogP contribution in [-0.4, -0.2) is 27.0 Å². The van der Waals surface area contributed by atoms with Crippen LogP contribution in [0.4, 0.5) is 10.5 Å². The molecule has 34 heavy (non-hydrogen) atoms. The Hall–Kier alpha value is -3.67. The molecule has 0 aliphatic carbocycles. The molecule has 4 aromatic rings. The number of unbranched alkanes of at least 4 members (excludes halogenated alkanes) is 2. The summed E-state index contributed by atoms with van der Waals surface area (Å²) < 4.78 is 1.59. The molecule has 176 valence electrons. The normalized spacial score (nSPS) is 12.1. The van der Waals surface area contributed by atoms with Crippen LogP contribution in [0.3, 0.4) is 0 Å². The molecule has 1 atom stereocenters. The topological polar surface area (TPSA) is 67.2 Å². The summed E-state index contributed by atoms with van der Waals surface area (Å²) in [5.74, 6) is 0.607. The van der Waals surface area contributed by atoms with Crippen LogP contribution in [0.25, 0.3) is 21.7 Å². The van der Waals surface area contributed by atoms with Crippen molar-refractivity contribution in [3.05, 3.63) is 82.9 Å². The number of hydrogen-bond donors (Lipinski definition) is 1. The highest BCUT2D eigenvalue weighted by Crippen LogP contribution is 2.27. The lowest BCUT2D eigenvalue weighted by Gasteiger charge is -2.32. The van der Waals surface area contributed by atoms with Gasteiger partial charge in [-0.3, -0.25) is 9.36 Å². The van der Waals surface area contributed by atoms with Crippen molar-refractivity contribution in [1.82, 2.24) is 14.5 Å². The van der Waals surface area contributed by atoms with Gasteiger partial charge in [-0.05, 0) is 36.4 Å². The molecule has 1 aromatic heterocycles. The van der Waals surface area contributed by atoms with E-state index in [9.17, 15) is 9.59 Å². The summed E-state index contributed by atoms with van der Waals surface area (Å²) in [5.41, 5.74) is 1.34. The van der Waals surface area contributed by atoms with E-state index in [2.05, 4.69) is 12.2 Å². The lowest BCUT2D eigenvalue weighted by atomic mass is 10.1. The van der Waals surface area contributed by atoms with Crippen molar-refractivity contribution in [2.24, 2.45) is 7.05 Å². The van der Waals surface area contributed by atoms with Crippen LogP contribution in [0.2, 0.25) is 0 Å². The summed E-state index contributed by atoms with van der Waals surface area (Å²) in [6.07, 6.45) is 3.62. The van der Waals surface area contributed by atoms with E-state index in [-0.39, 0.29) is 17.6 Å². The molecule has 6 heteroatoms. The smallest absolute Gasteiger partial charge is 0.314 e. The highest BCUT2D eigenvalue weighted by molar-refractivity contribution is 6.01. The minimum Gasteiger partial charge on any atom is -0.314 e. The Bertz CT molecular complexity index is 1360. The number of aromatic nitrogens is 2. The van der Waals surface area contributed by atoms with Crippen molar-refractivity contribution in [2.45, 2.75) is 45.6 Å². The molecule has 0 fully saturated rings. The van der Waals surface area contributed by atoms with Crippen LogP contribution in [0, 0.1) is 0 Å². The summed E-state index contributed by atoms with van der Waals surface area (Å²) in [6, 6.07) is 20.8. The average molecular weight is 457 g/mol. The summed E-state index contributed by atoms with van der Waals surface area (Å²) >= 11 is 0. The van der Waals surface area contributed by atoms with Gasteiger partial charge < -0.3 is 10.2 Å². The fourth-order valence-electron chi connectivity index (χ4n) is 4.53. The first kappa shape index (κ1) is 23.5. The van der Waals surface area contributed by atoms with Gasteiger partial charge >= 0.3 is 6.03 Å². The van der Waals surface area contributed by atoms with Crippen molar-refractivity contribution in [3.8, 4) is 0 Å². The van der Waals surface area contributed by atoms with Crippen LogP contribution in [0.15, 0.2) is 71.5 Å². The number of rotatable bonds is 8. The number of urea groups is 1. The lowest BCUT2D eigenvalue weighted by Crippen LogP contribution is -2.41. The molecule has 0 aliphatic rings. The molecular weight excluding hydrogens is 424 g/mol. The summed E-state index contributed by atoms with van der Waals surface area (Å²) in [7, 11) is 1.74. The van der Waals surface area contributed by atoms with E-state index in [0.717, 1.165) is 35.7 Å². The Kier molecular flexibility index (Phi) is 7.26. The van der Waals surface area contributed by atoms with E-state index in [1.807, 2.05) is 72.5 Å². The SMILES string of the molecule is CCCCCN(C(=O)Nc1cccc2ccccc12)C(CC)c1nc2ccccc2c(=O)n1C. The van der Waals surface area contributed by atoms with E-state index in [1.54, 1.807) is 17.7 Å². The maximum Gasteiger partial charge on any atom is 0.322 e. The van der Waals surface area contributed by atoms with Gasteiger partial charge in [-0.25, -0.2) is 9.78 Å². The lowest BCUT2D eigenvalue weighted by molar-refractivity contribution is 0.179. The van der Waals surface area contributed by atoms with Gasteiger partial charge in [0.2, 0.25) is 0 Å². The number of carbonyl (C=O) groups excluding carboxylic acids is 1. The third kappa shape index (κ3) is 4.67. The van der Waals surface area contributed by atoms with Crippen molar-refractivity contribution in [1.29, 1.82) is 0 Å². The Morgan fingerprint density at radius 3 is 2.44 bits per heavy atom. The second-order valence-corrected chi connectivity index (χ2v) is 8.63. The first-order chi connectivity index (χ1) is 16.5. The largest absolute Gasteiger partial charge is 0.322 e.